The fraction of sp³-hybridized carbons (Fsp3) is 0.333. The van der Waals surface area contributed by atoms with Crippen LogP contribution in [0.3, 0.4) is 0 Å². The van der Waals surface area contributed by atoms with E-state index in [4.69, 9.17) is 16.7 Å². The lowest BCUT2D eigenvalue weighted by molar-refractivity contribution is 0.299. The van der Waals surface area contributed by atoms with Gasteiger partial charge in [0.2, 0.25) is 0 Å². The first-order valence-electron chi connectivity index (χ1n) is 7.47. The highest BCUT2D eigenvalue weighted by molar-refractivity contribution is 6.31. The molecule has 21 heavy (non-hydrogen) atoms. The largest absolute Gasteiger partial charge is 0.396 e. The molecule has 0 aliphatic heterocycles. The molecule has 0 radical (unpaired) electrons. The maximum atomic E-state index is 8.91. The summed E-state index contributed by atoms with van der Waals surface area (Å²) in [4.78, 5) is 0. The lowest BCUT2D eigenvalue weighted by Crippen LogP contribution is -2.34. The molecule has 0 unspecified atom stereocenters. The van der Waals surface area contributed by atoms with Gasteiger partial charge >= 0.3 is 0 Å². The molecule has 3 heteroatoms. The molecule has 0 atom stereocenters. The molecule has 2 N–H and O–H groups in total. The Hall–Kier alpha value is -1.51. The number of hydrogen-bond donors (Lipinski definition) is 2. The Morgan fingerprint density at radius 3 is 2.43 bits per heavy atom. The molecule has 0 saturated heterocycles. The van der Waals surface area contributed by atoms with E-state index in [1.807, 2.05) is 12.1 Å². The molecule has 3 rings (SSSR count). The van der Waals surface area contributed by atoms with Crippen molar-refractivity contribution in [1.82, 2.24) is 0 Å². The van der Waals surface area contributed by atoms with Crippen molar-refractivity contribution in [2.75, 3.05) is 11.9 Å². The molecular weight excluding hydrogens is 282 g/mol. The van der Waals surface area contributed by atoms with E-state index in [1.54, 1.807) is 0 Å². The molecule has 0 heterocycles. The molecule has 0 amide bonds. The van der Waals surface area contributed by atoms with Gasteiger partial charge in [-0.15, -0.1) is 0 Å². The number of halogens is 1. The summed E-state index contributed by atoms with van der Waals surface area (Å²) in [6.07, 6.45) is 2.97. The maximum Gasteiger partial charge on any atom is 0.0471 e. The van der Waals surface area contributed by atoms with Gasteiger partial charge in [0.05, 0.1) is 0 Å². The third-order valence-corrected chi connectivity index (χ3v) is 4.55. The lowest BCUT2D eigenvalue weighted by atomic mass is 9.76. The fourth-order valence-electron chi connectivity index (χ4n) is 2.93. The van der Waals surface area contributed by atoms with Gasteiger partial charge in [-0.2, -0.15) is 0 Å². The highest BCUT2D eigenvalue weighted by Gasteiger charge is 2.31. The molecule has 2 nitrogen and oxygen atoms in total. The van der Waals surface area contributed by atoms with Crippen molar-refractivity contribution >= 4 is 17.3 Å². The van der Waals surface area contributed by atoms with Gasteiger partial charge in [-0.1, -0.05) is 41.9 Å². The van der Waals surface area contributed by atoms with E-state index in [2.05, 4.69) is 41.7 Å². The van der Waals surface area contributed by atoms with E-state index >= 15 is 0 Å². The standard InChI is InChI=1S/C18H20ClNO/c19-18-4-2-1-3-17(18)14-11-16(12-14)20-15-7-5-13(6-8-15)9-10-21/h1-8,14,16,20-21H,9-12H2. The van der Waals surface area contributed by atoms with Gasteiger partial charge in [0, 0.05) is 23.4 Å². The summed E-state index contributed by atoms with van der Waals surface area (Å²) in [5.41, 5.74) is 3.60. The van der Waals surface area contributed by atoms with Crippen molar-refractivity contribution in [3.63, 3.8) is 0 Å². The first-order valence-corrected chi connectivity index (χ1v) is 7.85. The quantitative estimate of drug-likeness (QED) is 0.866. The zero-order valence-corrected chi connectivity index (χ0v) is 12.7. The number of anilines is 1. The van der Waals surface area contributed by atoms with Crippen LogP contribution in [0.5, 0.6) is 0 Å². The van der Waals surface area contributed by atoms with Crippen LogP contribution in [0.15, 0.2) is 48.5 Å². The van der Waals surface area contributed by atoms with Crippen molar-refractivity contribution < 1.29 is 5.11 Å². The summed E-state index contributed by atoms with van der Waals surface area (Å²) in [5.74, 6) is 0.574. The summed E-state index contributed by atoms with van der Waals surface area (Å²) >= 11 is 6.25. The molecule has 0 bridgehead atoms. The van der Waals surface area contributed by atoms with Crippen LogP contribution in [0.1, 0.15) is 29.9 Å². The van der Waals surface area contributed by atoms with E-state index in [-0.39, 0.29) is 6.61 Å². The Kier molecular flexibility index (Phi) is 4.47. The molecule has 110 valence electrons. The molecule has 0 aromatic heterocycles. The third-order valence-electron chi connectivity index (χ3n) is 4.21. The van der Waals surface area contributed by atoms with Gasteiger partial charge in [-0.3, -0.25) is 0 Å². The molecule has 2 aromatic rings. The van der Waals surface area contributed by atoms with Crippen LogP contribution >= 0.6 is 11.6 Å². The fourth-order valence-corrected chi connectivity index (χ4v) is 3.22. The minimum absolute atomic E-state index is 0.203. The molecule has 2 aromatic carbocycles. The topological polar surface area (TPSA) is 32.3 Å². The summed E-state index contributed by atoms with van der Waals surface area (Å²) in [5, 5.41) is 13.4. The van der Waals surface area contributed by atoms with Crippen molar-refractivity contribution in [3.8, 4) is 0 Å². The van der Waals surface area contributed by atoms with Gasteiger partial charge in [-0.25, -0.2) is 0 Å². The molecule has 1 aliphatic carbocycles. The molecule has 1 aliphatic rings. The summed E-state index contributed by atoms with van der Waals surface area (Å²) < 4.78 is 0. The third kappa shape index (κ3) is 3.39. The number of nitrogens with one attached hydrogen (secondary N) is 1. The maximum absolute atomic E-state index is 8.91. The predicted octanol–water partition coefficient (Wildman–Crippen LogP) is 4.23. The van der Waals surface area contributed by atoms with Crippen LogP contribution in [0.2, 0.25) is 5.02 Å². The second kappa shape index (κ2) is 6.50. The number of rotatable bonds is 5. The summed E-state index contributed by atoms with van der Waals surface area (Å²) in [7, 11) is 0. The van der Waals surface area contributed by atoms with Gasteiger partial charge in [0.1, 0.15) is 0 Å². The van der Waals surface area contributed by atoms with E-state index < -0.39 is 0 Å². The number of aliphatic hydroxyl groups excluding tert-OH is 1. The SMILES string of the molecule is OCCc1ccc(NC2CC(c3ccccc3Cl)C2)cc1. The highest BCUT2D eigenvalue weighted by Crippen LogP contribution is 2.41. The van der Waals surface area contributed by atoms with Crippen LogP contribution < -0.4 is 5.32 Å². The smallest absolute Gasteiger partial charge is 0.0471 e. The van der Waals surface area contributed by atoms with Crippen molar-refractivity contribution in [2.45, 2.75) is 31.2 Å². The first kappa shape index (κ1) is 14.4. The molecule has 0 spiro atoms. The Balaban J connectivity index is 1.54. The average Bonchev–Trinajstić information content (AvgIpc) is 2.46. The van der Waals surface area contributed by atoms with E-state index in [1.165, 1.54) is 11.1 Å². The number of benzene rings is 2. The van der Waals surface area contributed by atoms with E-state index in [9.17, 15) is 0 Å². The Bertz CT molecular complexity index is 590. The Labute approximate surface area is 130 Å². The van der Waals surface area contributed by atoms with Gasteiger partial charge in [-0.05, 0) is 54.5 Å². The van der Waals surface area contributed by atoms with Crippen molar-refractivity contribution in [1.29, 1.82) is 0 Å². The van der Waals surface area contributed by atoms with Gasteiger partial charge < -0.3 is 10.4 Å². The molecule has 1 fully saturated rings. The Morgan fingerprint density at radius 2 is 1.76 bits per heavy atom. The molecular formula is C18H20ClNO. The van der Waals surface area contributed by atoms with E-state index in [0.29, 0.717) is 12.0 Å². The van der Waals surface area contributed by atoms with E-state index in [0.717, 1.165) is 30.0 Å². The predicted molar refractivity (Wildman–Crippen MR) is 88.1 cm³/mol. The zero-order valence-electron chi connectivity index (χ0n) is 11.9. The number of aliphatic hydroxyl groups is 1. The second-order valence-corrected chi connectivity index (χ2v) is 6.11. The first-order chi connectivity index (χ1) is 10.3. The van der Waals surface area contributed by atoms with Gasteiger partial charge in [0.15, 0.2) is 0 Å². The average molecular weight is 302 g/mol. The zero-order chi connectivity index (χ0) is 14.7. The minimum Gasteiger partial charge on any atom is -0.396 e. The van der Waals surface area contributed by atoms with Crippen LogP contribution in [-0.4, -0.2) is 17.8 Å². The normalized spacial score (nSPS) is 20.9. The molecule has 1 saturated carbocycles. The lowest BCUT2D eigenvalue weighted by Gasteiger charge is -2.37. The monoisotopic (exact) mass is 301 g/mol. The van der Waals surface area contributed by atoms with Crippen LogP contribution in [-0.2, 0) is 6.42 Å². The van der Waals surface area contributed by atoms with Crippen molar-refractivity contribution in [2.24, 2.45) is 0 Å². The van der Waals surface area contributed by atoms with Gasteiger partial charge in [0.25, 0.3) is 0 Å². The second-order valence-electron chi connectivity index (χ2n) is 5.70. The highest BCUT2D eigenvalue weighted by atomic mass is 35.5. The number of hydrogen-bond acceptors (Lipinski definition) is 2. The van der Waals surface area contributed by atoms with Crippen LogP contribution in [0.4, 0.5) is 5.69 Å². The summed E-state index contributed by atoms with van der Waals surface area (Å²) in [6.45, 7) is 0.203. The van der Waals surface area contributed by atoms with Crippen LogP contribution in [0.25, 0.3) is 0 Å². The van der Waals surface area contributed by atoms with Crippen LogP contribution in [0, 0.1) is 0 Å². The minimum atomic E-state index is 0.203. The van der Waals surface area contributed by atoms with Crippen molar-refractivity contribution in [3.05, 3.63) is 64.7 Å². The summed E-state index contributed by atoms with van der Waals surface area (Å²) in [6, 6.07) is 17.0. The Morgan fingerprint density at radius 1 is 1.05 bits per heavy atom.